The molecule has 0 saturated carbocycles. The first-order valence-corrected chi connectivity index (χ1v) is 14.1. The van der Waals surface area contributed by atoms with E-state index in [2.05, 4.69) is 5.32 Å². The number of Topliss-reactive ketones (excluding diaryl/α,β-unsaturated/α-hetero) is 2. The quantitative estimate of drug-likeness (QED) is 0.259. The summed E-state index contributed by atoms with van der Waals surface area (Å²) in [6, 6.07) is 27.1. The molecule has 3 aliphatic heterocycles. The molecule has 1 N–H and O–H groups in total. The third kappa shape index (κ3) is 3.59. The number of anilines is 2. The van der Waals surface area contributed by atoms with Gasteiger partial charge < -0.3 is 10.2 Å². The smallest absolute Gasteiger partial charge is 0.238 e. The fourth-order valence-corrected chi connectivity index (χ4v) is 7.36. The minimum Gasteiger partial charge on any atom is -0.352 e. The summed E-state index contributed by atoms with van der Waals surface area (Å²) in [7, 11) is 0. The van der Waals surface area contributed by atoms with Crippen LogP contribution in [0.4, 0.5) is 11.4 Å². The number of benzene rings is 4. The van der Waals surface area contributed by atoms with Gasteiger partial charge in [-0.25, -0.2) is 0 Å². The first-order valence-electron chi connectivity index (χ1n) is 13.4. The molecule has 0 bridgehead atoms. The highest BCUT2D eigenvalue weighted by Gasteiger charge is 2.70. The van der Waals surface area contributed by atoms with Gasteiger partial charge >= 0.3 is 0 Å². The normalized spacial score (nSPS) is 23.9. The Morgan fingerprint density at radius 2 is 1.51 bits per heavy atom. The van der Waals surface area contributed by atoms with Crippen molar-refractivity contribution in [3.05, 3.63) is 135 Å². The van der Waals surface area contributed by atoms with Crippen molar-refractivity contribution in [2.24, 2.45) is 5.92 Å². The van der Waals surface area contributed by atoms with Crippen molar-refractivity contribution in [1.29, 1.82) is 0 Å². The number of para-hydroxylation sites is 2. The second-order valence-electron chi connectivity index (χ2n) is 10.7. The monoisotopic (exact) mass is 578 g/mol. The Labute approximate surface area is 247 Å². The molecule has 3 heterocycles. The third-order valence-electron chi connectivity index (χ3n) is 8.70. The topological polar surface area (TPSA) is 66.5 Å². The first-order chi connectivity index (χ1) is 19.8. The molecule has 7 heteroatoms. The molecule has 4 aromatic carbocycles. The molecule has 41 heavy (non-hydrogen) atoms. The molecule has 0 radical (unpaired) electrons. The molecular weight excluding hydrogens is 555 g/mol. The van der Waals surface area contributed by atoms with Crippen LogP contribution in [0.5, 0.6) is 0 Å². The van der Waals surface area contributed by atoms with Crippen LogP contribution in [-0.4, -0.2) is 29.6 Å². The van der Waals surface area contributed by atoms with Gasteiger partial charge in [0.25, 0.3) is 0 Å². The molecule has 1 fully saturated rings. The summed E-state index contributed by atoms with van der Waals surface area (Å²) in [6.45, 7) is 2.00. The maximum absolute atomic E-state index is 14.8. The fourth-order valence-electron chi connectivity index (χ4n) is 7.00. The van der Waals surface area contributed by atoms with Crippen LogP contribution < -0.4 is 10.2 Å². The molecule has 7 rings (SSSR count). The maximum Gasteiger partial charge on any atom is 0.238 e. The summed E-state index contributed by atoms with van der Waals surface area (Å²) >= 11 is 12.8. The number of carbonyl (C=O) groups excluding carboxylic acids is 3. The van der Waals surface area contributed by atoms with Gasteiger partial charge in [-0.15, -0.1) is 0 Å². The molecular formula is C34H24Cl2N2O3. The molecule has 5 nitrogen and oxygen atoms in total. The number of carbonyl (C=O) groups is 3. The van der Waals surface area contributed by atoms with Crippen LogP contribution in [0, 0.1) is 5.92 Å². The molecule has 1 spiro atoms. The average Bonchev–Trinajstić information content (AvgIpc) is 3.45. The predicted molar refractivity (Wildman–Crippen MR) is 162 cm³/mol. The third-order valence-corrected chi connectivity index (χ3v) is 9.28. The summed E-state index contributed by atoms with van der Waals surface area (Å²) in [4.78, 5) is 45.9. The summed E-state index contributed by atoms with van der Waals surface area (Å²) in [5.41, 5.74) is 3.35. The number of hydrogen-bond donors (Lipinski definition) is 1. The van der Waals surface area contributed by atoms with Gasteiger partial charge in [0.2, 0.25) is 5.91 Å². The second kappa shape index (κ2) is 9.44. The van der Waals surface area contributed by atoms with Crippen LogP contribution in [0.15, 0.2) is 103 Å². The number of fused-ring (bicyclic) bond motifs is 6. The maximum atomic E-state index is 14.8. The van der Waals surface area contributed by atoms with Crippen LogP contribution in [0.3, 0.4) is 0 Å². The zero-order valence-corrected chi connectivity index (χ0v) is 23.5. The van der Waals surface area contributed by atoms with E-state index < -0.39 is 23.4 Å². The Morgan fingerprint density at radius 3 is 2.29 bits per heavy atom. The lowest BCUT2D eigenvalue weighted by Crippen LogP contribution is -2.51. The minimum absolute atomic E-state index is 0.293. The number of nitrogens with zero attached hydrogens (tertiary/aromatic N) is 1. The summed E-state index contributed by atoms with van der Waals surface area (Å²) in [5.74, 6) is -2.00. The number of nitrogens with one attached hydrogen (secondary N) is 1. The van der Waals surface area contributed by atoms with E-state index in [1.807, 2.05) is 66.4 Å². The number of halogens is 2. The highest BCUT2D eigenvalue weighted by molar-refractivity contribution is 6.34. The van der Waals surface area contributed by atoms with Crippen LogP contribution in [-0.2, 0) is 10.2 Å². The molecule has 3 aliphatic rings. The molecule has 4 aromatic rings. The molecule has 0 unspecified atom stereocenters. The largest absolute Gasteiger partial charge is 0.352 e. The number of ketones is 2. The molecule has 4 atom stereocenters. The minimum atomic E-state index is -1.39. The van der Waals surface area contributed by atoms with Gasteiger partial charge in [-0.3, -0.25) is 14.4 Å². The zero-order chi connectivity index (χ0) is 28.5. The van der Waals surface area contributed by atoms with Crippen molar-refractivity contribution in [1.82, 2.24) is 0 Å². The van der Waals surface area contributed by atoms with Crippen molar-refractivity contribution in [3.8, 4) is 0 Å². The Balaban J connectivity index is 1.57. The highest BCUT2D eigenvalue weighted by atomic mass is 35.5. The Bertz CT molecular complexity index is 1800. The second-order valence-corrected chi connectivity index (χ2v) is 11.6. The zero-order valence-electron chi connectivity index (χ0n) is 22.0. The summed E-state index contributed by atoms with van der Waals surface area (Å²) in [5, 5.41) is 3.83. The van der Waals surface area contributed by atoms with E-state index in [-0.39, 0.29) is 17.5 Å². The standard InChI is InChI=1S/C34H24Cl2N2O3/c1-19-18-28-34(24-10-4-6-12-26(24)37-33(34)41)29(31(39)20-14-16-21(35)17-15-20)30(32(40)23-9-2-5-11-25(23)36)38(28)27-13-7-3-8-22(19)27/h2-18,28-30H,1H3,(H,37,41)/t28-,29+,30-,34-/m1/s1. The first kappa shape index (κ1) is 25.8. The Morgan fingerprint density at radius 1 is 0.829 bits per heavy atom. The van der Waals surface area contributed by atoms with Gasteiger partial charge in [-0.1, -0.05) is 77.8 Å². The van der Waals surface area contributed by atoms with E-state index >= 15 is 0 Å². The lowest BCUT2D eigenvalue weighted by molar-refractivity contribution is -0.121. The predicted octanol–water partition coefficient (Wildman–Crippen LogP) is 7.24. The average molecular weight is 579 g/mol. The van der Waals surface area contributed by atoms with Crippen LogP contribution in [0.1, 0.15) is 38.8 Å². The Hall–Kier alpha value is -4.19. The lowest BCUT2D eigenvalue weighted by atomic mass is 9.64. The van der Waals surface area contributed by atoms with Crippen LogP contribution >= 0.6 is 23.2 Å². The molecule has 1 saturated heterocycles. The van der Waals surface area contributed by atoms with Gasteiger partial charge in [0.1, 0.15) is 11.5 Å². The van der Waals surface area contributed by atoms with Gasteiger partial charge in [-0.05, 0) is 66.6 Å². The van der Waals surface area contributed by atoms with Gasteiger partial charge in [-0.2, -0.15) is 0 Å². The van der Waals surface area contributed by atoms with E-state index in [4.69, 9.17) is 23.2 Å². The van der Waals surface area contributed by atoms with Crippen molar-refractivity contribution >= 4 is 57.6 Å². The van der Waals surface area contributed by atoms with E-state index in [1.165, 1.54) is 0 Å². The fraction of sp³-hybridized carbons (Fsp3) is 0.147. The van der Waals surface area contributed by atoms with Gasteiger partial charge in [0.05, 0.1) is 17.0 Å². The molecule has 1 amide bonds. The van der Waals surface area contributed by atoms with Crippen molar-refractivity contribution in [3.63, 3.8) is 0 Å². The molecule has 0 aromatic heterocycles. The number of allylic oxidation sites excluding steroid dienone is 1. The number of amides is 1. The number of hydrogen-bond acceptors (Lipinski definition) is 4. The van der Waals surface area contributed by atoms with E-state index in [0.29, 0.717) is 32.4 Å². The van der Waals surface area contributed by atoms with Crippen molar-refractivity contribution in [2.75, 3.05) is 10.2 Å². The van der Waals surface area contributed by atoms with E-state index in [9.17, 15) is 14.4 Å². The SMILES string of the molecule is CC1=C[C@H]2N(c3ccccc31)[C@@H](C(=O)c1ccccc1Cl)[C@@H](C(=O)c1ccc(Cl)cc1)[C@]21C(=O)Nc2ccccc21. The van der Waals surface area contributed by atoms with Crippen molar-refractivity contribution in [2.45, 2.75) is 24.4 Å². The molecule has 202 valence electrons. The Kier molecular flexibility index (Phi) is 5.93. The van der Waals surface area contributed by atoms with Crippen LogP contribution in [0.2, 0.25) is 10.0 Å². The van der Waals surface area contributed by atoms with Crippen molar-refractivity contribution < 1.29 is 14.4 Å². The van der Waals surface area contributed by atoms with Gasteiger partial charge in [0.15, 0.2) is 11.6 Å². The van der Waals surface area contributed by atoms with E-state index in [0.717, 1.165) is 16.8 Å². The highest BCUT2D eigenvalue weighted by Crippen LogP contribution is 2.59. The summed E-state index contributed by atoms with van der Waals surface area (Å²) < 4.78 is 0. The summed E-state index contributed by atoms with van der Waals surface area (Å²) in [6.07, 6.45) is 2.03. The van der Waals surface area contributed by atoms with Gasteiger partial charge in [0, 0.05) is 33.1 Å². The van der Waals surface area contributed by atoms with Crippen LogP contribution in [0.25, 0.3) is 5.57 Å². The van der Waals surface area contributed by atoms with E-state index in [1.54, 1.807) is 48.5 Å². The lowest BCUT2D eigenvalue weighted by Gasteiger charge is -2.39. The molecule has 0 aliphatic carbocycles. The number of rotatable bonds is 4.